The van der Waals surface area contributed by atoms with Crippen LogP contribution >= 0.6 is 0 Å². The molecule has 1 aromatic carbocycles. The number of nitro groups is 1. The number of sulfonamides is 1. The second-order valence-corrected chi connectivity index (χ2v) is 6.74. The Morgan fingerprint density at radius 3 is 2.57 bits per heavy atom. The first-order valence-corrected chi connectivity index (χ1v) is 7.92. The van der Waals surface area contributed by atoms with Crippen molar-refractivity contribution in [3.05, 3.63) is 28.3 Å². The summed E-state index contributed by atoms with van der Waals surface area (Å²) in [6, 6.07) is 3.34. The van der Waals surface area contributed by atoms with Gasteiger partial charge in [0.15, 0.2) is 0 Å². The van der Waals surface area contributed by atoms with Crippen LogP contribution in [0.5, 0.6) is 0 Å². The van der Waals surface area contributed by atoms with Gasteiger partial charge >= 0.3 is 0 Å². The van der Waals surface area contributed by atoms with Crippen LogP contribution in [0.1, 0.15) is 26.7 Å². The van der Waals surface area contributed by atoms with Crippen LogP contribution in [0.15, 0.2) is 23.1 Å². The van der Waals surface area contributed by atoms with Crippen molar-refractivity contribution >= 4 is 21.4 Å². The molecule has 21 heavy (non-hydrogen) atoms. The number of anilines is 1. The molecule has 0 saturated heterocycles. The Morgan fingerprint density at radius 2 is 2.10 bits per heavy atom. The molecule has 1 aromatic rings. The molecule has 8 nitrogen and oxygen atoms in total. The van der Waals surface area contributed by atoms with Gasteiger partial charge in [0, 0.05) is 19.2 Å². The first-order chi connectivity index (χ1) is 9.75. The van der Waals surface area contributed by atoms with E-state index in [2.05, 4.69) is 5.43 Å². The van der Waals surface area contributed by atoms with Gasteiger partial charge in [-0.05, 0) is 25.5 Å². The van der Waals surface area contributed by atoms with Gasteiger partial charge in [-0.25, -0.2) is 8.42 Å². The highest BCUT2D eigenvalue weighted by Gasteiger charge is 2.27. The van der Waals surface area contributed by atoms with E-state index in [0.29, 0.717) is 0 Å². The lowest BCUT2D eigenvalue weighted by atomic mass is 10.2. The molecule has 0 amide bonds. The van der Waals surface area contributed by atoms with E-state index in [0.717, 1.165) is 18.9 Å². The maximum Gasteiger partial charge on any atom is 0.293 e. The van der Waals surface area contributed by atoms with Gasteiger partial charge in [0.1, 0.15) is 5.69 Å². The fourth-order valence-electron chi connectivity index (χ4n) is 1.95. The highest BCUT2D eigenvalue weighted by atomic mass is 32.2. The monoisotopic (exact) mass is 316 g/mol. The van der Waals surface area contributed by atoms with E-state index in [-0.39, 0.29) is 22.3 Å². The minimum absolute atomic E-state index is 0.0356. The van der Waals surface area contributed by atoms with Gasteiger partial charge in [-0.1, -0.05) is 13.3 Å². The van der Waals surface area contributed by atoms with E-state index in [4.69, 9.17) is 5.84 Å². The predicted octanol–water partition coefficient (Wildman–Crippen LogP) is 1.69. The van der Waals surface area contributed by atoms with Crippen molar-refractivity contribution in [3.63, 3.8) is 0 Å². The van der Waals surface area contributed by atoms with Crippen molar-refractivity contribution in [2.24, 2.45) is 5.84 Å². The Morgan fingerprint density at radius 1 is 1.48 bits per heavy atom. The molecule has 9 heteroatoms. The third-order valence-corrected chi connectivity index (χ3v) is 5.29. The number of benzene rings is 1. The second-order valence-electron chi connectivity index (χ2n) is 4.74. The number of hydrogen-bond donors (Lipinski definition) is 2. The molecule has 0 aliphatic carbocycles. The Balaban J connectivity index is 3.23. The zero-order valence-corrected chi connectivity index (χ0v) is 13.1. The molecule has 3 N–H and O–H groups in total. The standard InChI is InChI=1S/C12H20N4O4S/c1-4-5-9(2)15(3)21(19,20)10-6-7-12(16(17)18)11(8-10)14-13/h6-9,14H,4-5,13H2,1-3H3. The van der Waals surface area contributed by atoms with Crippen molar-refractivity contribution < 1.29 is 13.3 Å². The van der Waals surface area contributed by atoms with Crippen LogP contribution in [0.4, 0.5) is 11.4 Å². The highest BCUT2D eigenvalue weighted by molar-refractivity contribution is 7.89. The Labute approximate surface area is 124 Å². The van der Waals surface area contributed by atoms with Crippen LogP contribution in [0.25, 0.3) is 0 Å². The van der Waals surface area contributed by atoms with Crippen LogP contribution < -0.4 is 11.3 Å². The smallest absolute Gasteiger partial charge is 0.293 e. The van der Waals surface area contributed by atoms with Gasteiger partial charge in [-0.15, -0.1) is 0 Å². The lowest BCUT2D eigenvalue weighted by Crippen LogP contribution is -2.35. The Hall–Kier alpha value is -1.71. The first kappa shape index (κ1) is 17.3. The molecule has 118 valence electrons. The third-order valence-electron chi connectivity index (χ3n) is 3.32. The molecule has 1 atom stereocenters. The number of nitro benzene ring substituents is 1. The molecular formula is C12H20N4O4S. The van der Waals surface area contributed by atoms with Gasteiger partial charge in [-0.2, -0.15) is 4.31 Å². The number of hydrogen-bond acceptors (Lipinski definition) is 6. The lowest BCUT2D eigenvalue weighted by Gasteiger charge is -2.24. The molecule has 0 fully saturated rings. The van der Waals surface area contributed by atoms with Crippen molar-refractivity contribution in [3.8, 4) is 0 Å². The molecule has 0 aliphatic heterocycles. The fraction of sp³-hybridized carbons (Fsp3) is 0.500. The summed E-state index contributed by atoms with van der Waals surface area (Å²) >= 11 is 0. The van der Waals surface area contributed by atoms with E-state index in [9.17, 15) is 18.5 Å². The maximum atomic E-state index is 12.5. The molecular weight excluding hydrogens is 296 g/mol. The molecule has 0 saturated carbocycles. The predicted molar refractivity (Wildman–Crippen MR) is 80.2 cm³/mol. The van der Waals surface area contributed by atoms with E-state index in [1.54, 1.807) is 0 Å². The number of nitrogens with one attached hydrogen (secondary N) is 1. The summed E-state index contributed by atoms with van der Waals surface area (Å²) in [4.78, 5) is 10.2. The van der Waals surface area contributed by atoms with Crippen LogP contribution in [-0.2, 0) is 10.0 Å². The quantitative estimate of drug-likeness (QED) is 0.449. The van der Waals surface area contributed by atoms with E-state index >= 15 is 0 Å². The third kappa shape index (κ3) is 3.69. The van der Waals surface area contributed by atoms with Crippen LogP contribution in [0.2, 0.25) is 0 Å². The van der Waals surface area contributed by atoms with Crippen LogP contribution in [0, 0.1) is 10.1 Å². The van der Waals surface area contributed by atoms with Gasteiger partial charge < -0.3 is 5.43 Å². The Kier molecular flexibility index (Phi) is 5.64. The van der Waals surface area contributed by atoms with Crippen molar-refractivity contribution in [1.82, 2.24) is 4.31 Å². The lowest BCUT2D eigenvalue weighted by molar-refractivity contribution is -0.384. The van der Waals surface area contributed by atoms with Gasteiger partial charge in [0.2, 0.25) is 10.0 Å². The molecule has 1 rings (SSSR count). The molecule has 0 spiro atoms. The molecule has 1 unspecified atom stereocenters. The van der Waals surface area contributed by atoms with Gasteiger partial charge in [0.05, 0.1) is 9.82 Å². The van der Waals surface area contributed by atoms with E-state index in [1.165, 1.54) is 23.5 Å². The van der Waals surface area contributed by atoms with Gasteiger partial charge in [0.25, 0.3) is 5.69 Å². The zero-order valence-electron chi connectivity index (χ0n) is 12.2. The molecule has 0 radical (unpaired) electrons. The normalized spacial score (nSPS) is 13.2. The van der Waals surface area contributed by atoms with Crippen LogP contribution in [-0.4, -0.2) is 30.7 Å². The Bertz CT molecular complexity index is 618. The SMILES string of the molecule is CCCC(C)N(C)S(=O)(=O)c1ccc([N+](=O)[O-])c(NN)c1. The maximum absolute atomic E-state index is 12.5. The number of nitrogen functional groups attached to an aromatic ring is 1. The molecule has 0 heterocycles. The molecule has 0 aromatic heterocycles. The summed E-state index contributed by atoms with van der Waals surface area (Å²) in [6.45, 7) is 3.79. The number of hydrazine groups is 1. The summed E-state index contributed by atoms with van der Waals surface area (Å²) < 4.78 is 26.2. The number of nitrogens with zero attached hydrogens (tertiary/aromatic N) is 2. The minimum Gasteiger partial charge on any atom is -0.318 e. The molecule has 0 bridgehead atoms. The summed E-state index contributed by atoms with van der Waals surface area (Å²) in [6.07, 6.45) is 1.58. The number of nitrogens with two attached hydrogens (primary N) is 1. The first-order valence-electron chi connectivity index (χ1n) is 6.48. The minimum atomic E-state index is -3.72. The van der Waals surface area contributed by atoms with Crippen LogP contribution in [0.3, 0.4) is 0 Å². The average molecular weight is 316 g/mol. The summed E-state index contributed by atoms with van der Waals surface area (Å²) in [5, 5.41) is 10.8. The van der Waals surface area contributed by atoms with E-state index in [1.807, 2.05) is 13.8 Å². The van der Waals surface area contributed by atoms with E-state index < -0.39 is 14.9 Å². The second kappa shape index (κ2) is 6.83. The summed E-state index contributed by atoms with van der Waals surface area (Å²) in [7, 11) is -2.23. The van der Waals surface area contributed by atoms with Crippen molar-refractivity contribution in [2.75, 3.05) is 12.5 Å². The summed E-state index contributed by atoms with van der Waals surface area (Å²) in [5.74, 6) is 5.22. The highest BCUT2D eigenvalue weighted by Crippen LogP contribution is 2.28. The zero-order chi connectivity index (χ0) is 16.2. The van der Waals surface area contributed by atoms with Crippen molar-refractivity contribution in [1.29, 1.82) is 0 Å². The summed E-state index contributed by atoms with van der Waals surface area (Å²) in [5.41, 5.74) is 1.84. The van der Waals surface area contributed by atoms with Crippen molar-refractivity contribution in [2.45, 2.75) is 37.6 Å². The number of rotatable bonds is 7. The largest absolute Gasteiger partial charge is 0.318 e. The molecule has 0 aliphatic rings. The average Bonchev–Trinajstić information content (AvgIpc) is 2.45. The topological polar surface area (TPSA) is 119 Å². The van der Waals surface area contributed by atoms with Gasteiger partial charge in [-0.3, -0.25) is 16.0 Å². The fourth-order valence-corrected chi connectivity index (χ4v) is 3.37.